The maximum absolute atomic E-state index is 13.6. The van der Waals surface area contributed by atoms with Gasteiger partial charge < -0.3 is 10.6 Å². The molecule has 1 aromatic carbocycles. The molecule has 0 saturated carbocycles. The molecule has 5 heteroatoms. The van der Waals surface area contributed by atoms with Crippen molar-refractivity contribution < 1.29 is 8.78 Å². The van der Waals surface area contributed by atoms with Crippen LogP contribution in [0.4, 0.5) is 14.5 Å². The molecule has 0 bridgehead atoms. The fourth-order valence-corrected chi connectivity index (χ4v) is 2.77. The Balaban J connectivity index is 1.99. The van der Waals surface area contributed by atoms with Crippen LogP contribution in [0, 0.1) is 11.6 Å². The lowest BCUT2D eigenvalue weighted by Crippen LogP contribution is -2.29. The number of halogens is 3. The van der Waals surface area contributed by atoms with Crippen LogP contribution in [-0.4, -0.2) is 18.6 Å². The fraction of sp³-hybridized carbons (Fsp3) is 0.538. The van der Waals surface area contributed by atoms with Gasteiger partial charge in [-0.2, -0.15) is 0 Å². The Labute approximate surface area is 114 Å². The molecule has 1 aromatic rings. The highest BCUT2D eigenvalue weighted by molar-refractivity contribution is 9.10. The van der Waals surface area contributed by atoms with Crippen molar-refractivity contribution in [2.24, 2.45) is 0 Å². The van der Waals surface area contributed by atoms with E-state index in [4.69, 9.17) is 0 Å². The Bertz CT molecular complexity index is 396. The first-order chi connectivity index (χ1) is 8.56. The van der Waals surface area contributed by atoms with E-state index in [1.54, 1.807) is 0 Å². The van der Waals surface area contributed by atoms with E-state index in [2.05, 4.69) is 26.6 Å². The number of hydrogen-bond acceptors (Lipinski definition) is 2. The van der Waals surface area contributed by atoms with Gasteiger partial charge in [0.15, 0.2) is 0 Å². The molecule has 0 aliphatic carbocycles. The highest BCUT2D eigenvalue weighted by Crippen LogP contribution is 2.25. The normalized spacial score (nSPS) is 21.0. The third kappa shape index (κ3) is 3.42. The van der Waals surface area contributed by atoms with Crippen LogP contribution in [-0.2, 0) is 0 Å². The molecule has 100 valence electrons. The zero-order valence-electron chi connectivity index (χ0n) is 10.3. The summed E-state index contributed by atoms with van der Waals surface area (Å²) in [5.74, 6) is -1.12. The molecule has 2 unspecified atom stereocenters. The summed E-state index contributed by atoms with van der Waals surface area (Å²) in [4.78, 5) is 0. The van der Waals surface area contributed by atoms with Crippen LogP contribution >= 0.6 is 15.9 Å². The van der Waals surface area contributed by atoms with Crippen LogP contribution in [0.2, 0.25) is 0 Å². The number of anilines is 1. The van der Waals surface area contributed by atoms with Gasteiger partial charge in [-0.1, -0.05) is 15.9 Å². The summed E-state index contributed by atoms with van der Waals surface area (Å²) >= 11 is 3.07. The second kappa shape index (κ2) is 5.97. The number of nitrogens with one attached hydrogen (secondary N) is 2. The predicted octanol–water partition coefficient (Wildman–Crippen LogP) is 3.67. The van der Waals surface area contributed by atoms with E-state index in [1.807, 2.05) is 6.92 Å². The lowest BCUT2D eigenvalue weighted by atomic mass is 10.1. The Hall–Kier alpha value is -0.680. The van der Waals surface area contributed by atoms with Crippen molar-refractivity contribution in [2.75, 3.05) is 11.9 Å². The van der Waals surface area contributed by atoms with Crippen molar-refractivity contribution in [3.05, 3.63) is 28.2 Å². The Morgan fingerprint density at radius 2 is 2.11 bits per heavy atom. The van der Waals surface area contributed by atoms with Crippen LogP contribution in [0.15, 0.2) is 16.6 Å². The minimum absolute atomic E-state index is 0.0331. The summed E-state index contributed by atoms with van der Waals surface area (Å²) in [5, 5.41) is 6.30. The fourth-order valence-electron chi connectivity index (χ4n) is 2.37. The minimum Gasteiger partial charge on any atom is -0.378 e. The first kappa shape index (κ1) is 13.7. The third-order valence-corrected chi connectivity index (χ3v) is 3.66. The van der Waals surface area contributed by atoms with Gasteiger partial charge in [0.2, 0.25) is 0 Å². The molecule has 1 aliphatic heterocycles. The molecule has 1 aliphatic rings. The summed E-state index contributed by atoms with van der Waals surface area (Å²) in [6.45, 7) is 2.99. The molecule has 1 fully saturated rings. The molecule has 1 saturated heterocycles. The maximum atomic E-state index is 13.6. The lowest BCUT2D eigenvalue weighted by Gasteiger charge is -2.20. The molecule has 18 heavy (non-hydrogen) atoms. The standard InChI is InChI=1S/C13H17BrF2N2/c1-8(5-10-3-2-4-17-10)18-13-11(15)6-9(14)7-12(13)16/h6-8,10,17-18H,2-5H2,1H3. The molecule has 2 atom stereocenters. The second-order valence-electron chi connectivity index (χ2n) is 4.82. The maximum Gasteiger partial charge on any atom is 0.150 e. The molecule has 2 nitrogen and oxygen atoms in total. The van der Waals surface area contributed by atoms with Gasteiger partial charge in [-0.25, -0.2) is 8.78 Å². The molecule has 2 rings (SSSR count). The zero-order chi connectivity index (χ0) is 13.1. The number of hydrogen-bond donors (Lipinski definition) is 2. The minimum atomic E-state index is -0.562. The molecule has 0 amide bonds. The van der Waals surface area contributed by atoms with Gasteiger partial charge in [-0.15, -0.1) is 0 Å². The van der Waals surface area contributed by atoms with Crippen molar-refractivity contribution in [1.29, 1.82) is 0 Å². The van der Waals surface area contributed by atoms with E-state index in [9.17, 15) is 8.78 Å². The van der Waals surface area contributed by atoms with E-state index < -0.39 is 11.6 Å². The quantitative estimate of drug-likeness (QED) is 0.885. The van der Waals surface area contributed by atoms with Crippen LogP contribution < -0.4 is 10.6 Å². The molecule has 0 radical (unpaired) electrons. The SMILES string of the molecule is CC(CC1CCCN1)Nc1c(F)cc(Br)cc1F. The van der Waals surface area contributed by atoms with Crippen molar-refractivity contribution in [3.63, 3.8) is 0 Å². The predicted molar refractivity (Wildman–Crippen MR) is 72.8 cm³/mol. The van der Waals surface area contributed by atoms with Crippen molar-refractivity contribution >= 4 is 21.6 Å². The summed E-state index contributed by atoms with van der Waals surface area (Å²) in [6, 6.07) is 3.03. The van der Waals surface area contributed by atoms with Crippen LogP contribution in [0.3, 0.4) is 0 Å². The number of benzene rings is 1. The second-order valence-corrected chi connectivity index (χ2v) is 5.73. The average molecular weight is 319 g/mol. The van der Waals surface area contributed by atoms with Gasteiger partial charge in [0.25, 0.3) is 0 Å². The molecular weight excluding hydrogens is 302 g/mol. The Morgan fingerprint density at radius 1 is 1.44 bits per heavy atom. The van der Waals surface area contributed by atoms with Gasteiger partial charge in [-0.3, -0.25) is 0 Å². The first-order valence-electron chi connectivity index (χ1n) is 6.20. The van der Waals surface area contributed by atoms with Gasteiger partial charge in [-0.05, 0) is 44.9 Å². The Morgan fingerprint density at radius 3 is 2.67 bits per heavy atom. The van der Waals surface area contributed by atoms with E-state index >= 15 is 0 Å². The average Bonchev–Trinajstić information content (AvgIpc) is 2.76. The van der Waals surface area contributed by atoms with Crippen LogP contribution in [0.5, 0.6) is 0 Å². The van der Waals surface area contributed by atoms with E-state index in [0.717, 1.165) is 19.4 Å². The van der Waals surface area contributed by atoms with Gasteiger partial charge in [0.1, 0.15) is 17.3 Å². The molecule has 1 heterocycles. The highest BCUT2D eigenvalue weighted by atomic mass is 79.9. The van der Waals surface area contributed by atoms with Crippen LogP contribution in [0.1, 0.15) is 26.2 Å². The van der Waals surface area contributed by atoms with Gasteiger partial charge >= 0.3 is 0 Å². The van der Waals surface area contributed by atoms with Gasteiger partial charge in [0, 0.05) is 16.6 Å². The van der Waals surface area contributed by atoms with E-state index in [-0.39, 0.29) is 11.7 Å². The largest absolute Gasteiger partial charge is 0.378 e. The third-order valence-electron chi connectivity index (χ3n) is 3.20. The monoisotopic (exact) mass is 318 g/mol. The number of rotatable bonds is 4. The molecular formula is C13H17BrF2N2. The topological polar surface area (TPSA) is 24.1 Å². The summed E-state index contributed by atoms with van der Waals surface area (Å²) in [6.07, 6.45) is 3.19. The van der Waals surface area contributed by atoms with Crippen molar-refractivity contribution in [2.45, 2.75) is 38.3 Å². The molecule has 2 N–H and O–H groups in total. The summed E-state index contributed by atoms with van der Waals surface area (Å²) in [5.41, 5.74) is -0.0382. The molecule has 0 aromatic heterocycles. The van der Waals surface area contributed by atoms with Gasteiger partial charge in [0.05, 0.1) is 0 Å². The summed E-state index contributed by atoms with van der Waals surface area (Å²) in [7, 11) is 0. The summed E-state index contributed by atoms with van der Waals surface area (Å²) < 4.78 is 27.7. The first-order valence-corrected chi connectivity index (χ1v) is 7.00. The van der Waals surface area contributed by atoms with E-state index in [0.29, 0.717) is 10.5 Å². The van der Waals surface area contributed by atoms with Crippen molar-refractivity contribution in [3.8, 4) is 0 Å². The van der Waals surface area contributed by atoms with E-state index in [1.165, 1.54) is 18.6 Å². The Kier molecular flexibility index (Phi) is 4.56. The van der Waals surface area contributed by atoms with Crippen LogP contribution in [0.25, 0.3) is 0 Å². The smallest absolute Gasteiger partial charge is 0.150 e. The van der Waals surface area contributed by atoms with Crippen molar-refractivity contribution in [1.82, 2.24) is 5.32 Å². The molecule has 0 spiro atoms. The highest BCUT2D eigenvalue weighted by Gasteiger charge is 2.19. The lowest BCUT2D eigenvalue weighted by molar-refractivity contribution is 0.516. The zero-order valence-corrected chi connectivity index (χ0v) is 11.9.